The zero-order chi connectivity index (χ0) is 19.8. The van der Waals surface area contributed by atoms with Gasteiger partial charge >= 0.3 is 0 Å². The molecule has 0 fully saturated rings. The molecule has 0 saturated heterocycles. The number of anilines is 1. The largest absolute Gasteiger partial charge is 0.319 e. The Hall–Kier alpha value is -3.10. The fourth-order valence-corrected chi connectivity index (χ4v) is 3.22. The highest BCUT2D eigenvalue weighted by Crippen LogP contribution is 2.23. The predicted octanol–water partition coefficient (Wildman–Crippen LogP) is 3.07. The van der Waals surface area contributed by atoms with Gasteiger partial charge < -0.3 is 9.88 Å². The van der Waals surface area contributed by atoms with Crippen LogP contribution in [0.15, 0.2) is 47.8 Å². The summed E-state index contributed by atoms with van der Waals surface area (Å²) in [5.74, 6) is -0.384. The summed E-state index contributed by atoms with van der Waals surface area (Å²) in [4.78, 5) is 25.6. The number of benzene rings is 1. The zero-order valence-corrected chi connectivity index (χ0v) is 16.1. The molecule has 28 heavy (non-hydrogen) atoms. The summed E-state index contributed by atoms with van der Waals surface area (Å²) in [6.07, 6.45) is 6.11. The van der Waals surface area contributed by atoms with Crippen LogP contribution in [0.4, 0.5) is 5.69 Å². The number of aromatic amines is 1. The molecule has 3 aromatic heterocycles. The maximum Gasteiger partial charge on any atom is 0.261 e. The molecule has 0 saturated carbocycles. The van der Waals surface area contributed by atoms with E-state index in [4.69, 9.17) is 23.2 Å². The normalized spacial score (nSPS) is 11.1. The Morgan fingerprint density at radius 3 is 2.75 bits per heavy atom. The van der Waals surface area contributed by atoms with E-state index in [1.807, 2.05) is 0 Å². The number of hydrogen-bond acceptors (Lipinski definition) is 4. The minimum atomic E-state index is -0.384. The molecule has 142 valence electrons. The first-order chi connectivity index (χ1) is 13.4. The van der Waals surface area contributed by atoms with Gasteiger partial charge in [0.25, 0.3) is 11.5 Å². The molecule has 0 spiro atoms. The molecule has 0 radical (unpaired) electrons. The lowest BCUT2D eigenvalue weighted by molar-refractivity contribution is 0.102. The zero-order valence-electron chi connectivity index (χ0n) is 14.6. The van der Waals surface area contributed by atoms with Crippen LogP contribution >= 0.6 is 23.2 Å². The Morgan fingerprint density at radius 2 is 2.04 bits per heavy atom. The number of carbonyl (C=O) groups excluding carboxylic acids is 1. The first kappa shape index (κ1) is 18.3. The van der Waals surface area contributed by atoms with Gasteiger partial charge in [0.2, 0.25) is 0 Å². The van der Waals surface area contributed by atoms with Crippen LogP contribution in [0.1, 0.15) is 15.9 Å². The number of fused-ring (bicyclic) bond motifs is 1. The molecule has 0 aliphatic heterocycles. The molecule has 1 amide bonds. The number of carbonyl (C=O) groups is 1. The highest BCUT2D eigenvalue weighted by atomic mass is 35.5. The molecule has 4 rings (SSSR count). The second-order valence-electron chi connectivity index (χ2n) is 6.24. The predicted molar refractivity (Wildman–Crippen MR) is 107 cm³/mol. The summed E-state index contributed by atoms with van der Waals surface area (Å²) in [5, 5.41) is 14.6. The van der Waals surface area contributed by atoms with E-state index in [0.29, 0.717) is 26.6 Å². The first-order valence-electron chi connectivity index (χ1n) is 8.23. The lowest BCUT2D eigenvalue weighted by Gasteiger charge is -2.11. The van der Waals surface area contributed by atoms with Gasteiger partial charge in [-0.25, -0.2) is 0 Å². The van der Waals surface area contributed by atoms with Crippen LogP contribution in [0.5, 0.6) is 0 Å². The fraction of sp³-hybridized carbons (Fsp3) is 0.111. The quantitative estimate of drug-likeness (QED) is 0.533. The van der Waals surface area contributed by atoms with Crippen molar-refractivity contribution >= 4 is 45.7 Å². The summed E-state index contributed by atoms with van der Waals surface area (Å²) in [6, 6.07) is 5.12. The van der Waals surface area contributed by atoms with Crippen molar-refractivity contribution in [2.75, 3.05) is 5.32 Å². The van der Waals surface area contributed by atoms with Crippen molar-refractivity contribution in [2.45, 2.75) is 6.54 Å². The topological polar surface area (TPSA) is 97.6 Å². The van der Waals surface area contributed by atoms with Gasteiger partial charge in [0, 0.05) is 19.4 Å². The van der Waals surface area contributed by atoms with Gasteiger partial charge in [0.15, 0.2) is 0 Å². The van der Waals surface area contributed by atoms with Gasteiger partial charge in [0.05, 0.1) is 51.1 Å². The average molecular weight is 417 g/mol. The highest BCUT2D eigenvalue weighted by molar-refractivity contribution is 6.42. The van der Waals surface area contributed by atoms with Crippen molar-refractivity contribution in [3.63, 3.8) is 0 Å². The number of aromatic nitrogens is 5. The number of nitrogens with one attached hydrogen (secondary N) is 2. The van der Waals surface area contributed by atoms with Crippen LogP contribution in [0.25, 0.3) is 10.9 Å². The molecule has 1 aromatic carbocycles. The van der Waals surface area contributed by atoms with Crippen molar-refractivity contribution in [1.82, 2.24) is 24.5 Å². The Labute approximate surface area is 168 Å². The minimum absolute atomic E-state index is 0.226. The maximum atomic E-state index is 12.8. The van der Waals surface area contributed by atoms with E-state index in [1.165, 1.54) is 23.2 Å². The van der Waals surface area contributed by atoms with Gasteiger partial charge in [-0.1, -0.05) is 29.3 Å². The van der Waals surface area contributed by atoms with Crippen LogP contribution in [0, 0.1) is 0 Å². The minimum Gasteiger partial charge on any atom is -0.319 e. The molecular formula is C18H14Cl2N6O2. The van der Waals surface area contributed by atoms with Gasteiger partial charge in [-0.15, -0.1) is 0 Å². The number of halogens is 2. The molecule has 2 N–H and O–H groups in total. The smallest absolute Gasteiger partial charge is 0.261 e. The van der Waals surface area contributed by atoms with Gasteiger partial charge in [-0.2, -0.15) is 10.2 Å². The molecule has 0 aliphatic carbocycles. The van der Waals surface area contributed by atoms with E-state index >= 15 is 0 Å². The average Bonchev–Trinajstić information content (AvgIpc) is 3.30. The third kappa shape index (κ3) is 3.39. The number of pyridine rings is 1. The van der Waals surface area contributed by atoms with Gasteiger partial charge in [-0.05, 0) is 17.7 Å². The van der Waals surface area contributed by atoms with Crippen LogP contribution in [-0.2, 0) is 13.6 Å². The van der Waals surface area contributed by atoms with Crippen LogP contribution in [0.3, 0.4) is 0 Å². The van der Waals surface area contributed by atoms with E-state index in [2.05, 4.69) is 20.6 Å². The number of aryl methyl sites for hydroxylation is 1. The molecule has 3 heterocycles. The van der Waals surface area contributed by atoms with Crippen molar-refractivity contribution in [3.8, 4) is 0 Å². The molecule has 4 aromatic rings. The molecule has 0 atom stereocenters. The van der Waals surface area contributed by atoms with Crippen molar-refractivity contribution < 1.29 is 4.79 Å². The fourth-order valence-electron chi connectivity index (χ4n) is 2.90. The molecule has 8 nitrogen and oxygen atoms in total. The number of rotatable bonds is 4. The lowest BCUT2D eigenvalue weighted by atomic mass is 10.1. The molecule has 0 aliphatic rings. The van der Waals surface area contributed by atoms with Crippen LogP contribution in [0.2, 0.25) is 10.0 Å². The summed E-state index contributed by atoms with van der Waals surface area (Å²) in [7, 11) is 1.75. The van der Waals surface area contributed by atoms with E-state index in [1.54, 1.807) is 36.1 Å². The summed E-state index contributed by atoms with van der Waals surface area (Å²) in [5.41, 5.74) is 1.71. The second-order valence-corrected chi connectivity index (χ2v) is 7.05. The second kappa shape index (κ2) is 7.14. The standard InChI is InChI=1S/C18H14Cl2N6O2/c1-25-8-11(5-22-25)23-17(27)13-9-26(18(28)12-6-21-24-16(12)13)7-10-2-3-14(19)15(20)4-10/h2-6,8-9H,7H2,1H3,(H,21,24)(H,23,27). The van der Waals surface area contributed by atoms with Gasteiger partial charge in [-0.3, -0.25) is 19.4 Å². The number of H-pyrrole nitrogens is 1. The van der Waals surface area contributed by atoms with Gasteiger partial charge in [0.1, 0.15) is 0 Å². The summed E-state index contributed by atoms with van der Waals surface area (Å²) >= 11 is 12.0. The maximum absolute atomic E-state index is 12.8. The number of hydrogen-bond donors (Lipinski definition) is 2. The van der Waals surface area contributed by atoms with E-state index < -0.39 is 0 Å². The molecular weight excluding hydrogens is 403 g/mol. The van der Waals surface area contributed by atoms with Crippen LogP contribution in [-0.4, -0.2) is 30.5 Å². The third-order valence-corrected chi connectivity index (χ3v) is 4.97. The summed E-state index contributed by atoms with van der Waals surface area (Å²) < 4.78 is 3.02. The van der Waals surface area contributed by atoms with Crippen molar-refractivity contribution in [1.29, 1.82) is 0 Å². The SMILES string of the molecule is Cn1cc(NC(=O)c2cn(Cc3ccc(Cl)c(Cl)c3)c(=O)c3cn[nH]c23)cn1. The van der Waals surface area contributed by atoms with E-state index in [0.717, 1.165) is 5.56 Å². The molecule has 0 unspecified atom stereocenters. The number of amides is 1. The summed E-state index contributed by atoms with van der Waals surface area (Å²) in [6.45, 7) is 0.226. The molecule has 10 heteroatoms. The first-order valence-corrected chi connectivity index (χ1v) is 8.98. The number of nitrogens with zero attached hydrogens (tertiary/aromatic N) is 4. The van der Waals surface area contributed by atoms with E-state index in [-0.39, 0.29) is 23.6 Å². The van der Waals surface area contributed by atoms with Crippen molar-refractivity contribution in [2.24, 2.45) is 7.05 Å². The Kier molecular flexibility index (Phi) is 4.66. The Morgan fingerprint density at radius 1 is 1.21 bits per heavy atom. The highest BCUT2D eigenvalue weighted by Gasteiger charge is 2.17. The lowest BCUT2D eigenvalue weighted by Crippen LogP contribution is -2.24. The Bertz CT molecular complexity index is 1260. The van der Waals surface area contributed by atoms with E-state index in [9.17, 15) is 9.59 Å². The van der Waals surface area contributed by atoms with Crippen molar-refractivity contribution in [3.05, 3.63) is 74.5 Å². The monoisotopic (exact) mass is 416 g/mol. The third-order valence-electron chi connectivity index (χ3n) is 4.23. The van der Waals surface area contributed by atoms with Crippen LogP contribution < -0.4 is 10.9 Å². The Balaban J connectivity index is 1.75. The molecule has 0 bridgehead atoms.